The van der Waals surface area contributed by atoms with Gasteiger partial charge in [-0.05, 0) is 32.4 Å². The van der Waals surface area contributed by atoms with Gasteiger partial charge >= 0.3 is 11.9 Å². The molecule has 0 aliphatic carbocycles. The maximum Gasteiger partial charge on any atom is 0.433 e. The van der Waals surface area contributed by atoms with Crippen LogP contribution in [0.25, 0.3) is 0 Å². The Morgan fingerprint density at radius 2 is 2.39 bits per heavy atom. The molecular formula is C11H14N2O5. The second-order valence-corrected chi connectivity index (χ2v) is 4.60. The maximum absolute atomic E-state index is 11.3. The Morgan fingerprint density at radius 3 is 2.94 bits per heavy atom. The van der Waals surface area contributed by atoms with Crippen molar-refractivity contribution < 1.29 is 19.2 Å². The Hall–Kier alpha value is -1.89. The SMILES string of the molecule is CC1(C(=O)O)CCCN1Cc1ccc([N+](=O)[O-])o1. The number of aliphatic carboxylic acids is 1. The third kappa shape index (κ3) is 2.08. The molecule has 0 spiro atoms. The molecule has 1 aromatic rings. The van der Waals surface area contributed by atoms with Gasteiger partial charge in [0, 0.05) is 0 Å². The van der Waals surface area contributed by atoms with E-state index in [0.29, 0.717) is 18.7 Å². The maximum atomic E-state index is 11.3. The number of hydrogen-bond acceptors (Lipinski definition) is 5. The largest absolute Gasteiger partial charge is 0.480 e. The van der Waals surface area contributed by atoms with E-state index in [2.05, 4.69) is 0 Å². The summed E-state index contributed by atoms with van der Waals surface area (Å²) >= 11 is 0. The van der Waals surface area contributed by atoms with Crippen LogP contribution in [-0.2, 0) is 11.3 Å². The van der Waals surface area contributed by atoms with Crippen LogP contribution in [0.1, 0.15) is 25.5 Å². The van der Waals surface area contributed by atoms with Crippen molar-refractivity contribution in [3.8, 4) is 0 Å². The highest BCUT2D eigenvalue weighted by molar-refractivity contribution is 5.78. The molecule has 18 heavy (non-hydrogen) atoms. The zero-order valence-electron chi connectivity index (χ0n) is 9.96. The van der Waals surface area contributed by atoms with E-state index in [1.165, 1.54) is 12.1 Å². The predicted molar refractivity (Wildman–Crippen MR) is 61.0 cm³/mol. The molecule has 1 unspecified atom stereocenters. The summed E-state index contributed by atoms with van der Waals surface area (Å²) in [5, 5.41) is 19.7. The second-order valence-electron chi connectivity index (χ2n) is 4.60. The fraction of sp³-hybridized carbons (Fsp3) is 0.545. The quantitative estimate of drug-likeness (QED) is 0.647. The molecule has 1 fully saturated rings. The number of carboxylic acid groups (broad SMARTS) is 1. The van der Waals surface area contributed by atoms with Crippen LogP contribution >= 0.6 is 0 Å². The van der Waals surface area contributed by atoms with Gasteiger partial charge in [0.1, 0.15) is 16.2 Å². The van der Waals surface area contributed by atoms with Gasteiger partial charge in [0.05, 0.1) is 12.6 Å². The Balaban J connectivity index is 2.13. The van der Waals surface area contributed by atoms with Crippen molar-refractivity contribution in [3.05, 3.63) is 28.0 Å². The molecule has 1 atom stereocenters. The average Bonchev–Trinajstić information content (AvgIpc) is 2.88. The molecule has 2 heterocycles. The number of likely N-dealkylation sites (tertiary alicyclic amines) is 1. The number of hydrogen-bond donors (Lipinski definition) is 1. The third-order valence-electron chi connectivity index (χ3n) is 3.42. The molecule has 7 heteroatoms. The number of nitro groups is 1. The highest BCUT2D eigenvalue weighted by Gasteiger charge is 2.43. The first kappa shape index (κ1) is 12.6. The van der Waals surface area contributed by atoms with Gasteiger partial charge in [0.2, 0.25) is 0 Å². The Bertz CT molecular complexity index is 484. The normalized spacial score (nSPS) is 24.3. The van der Waals surface area contributed by atoms with Crippen molar-refractivity contribution in [2.24, 2.45) is 0 Å². The molecular weight excluding hydrogens is 240 g/mol. The molecule has 0 saturated carbocycles. The minimum Gasteiger partial charge on any atom is -0.480 e. The fourth-order valence-corrected chi connectivity index (χ4v) is 2.25. The first-order valence-electron chi connectivity index (χ1n) is 5.65. The van der Waals surface area contributed by atoms with Crippen LogP contribution in [0.4, 0.5) is 5.88 Å². The van der Waals surface area contributed by atoms with Crippen LogP contribution < -0.4 is 0 Å². The van der Waals surface area contributed by atoms with E-state index in [9.17, 15) is 20.0 Å². The van der Waals surface area contributed by atoms with Crippen molar-refractivity contribution in [1.82, 2.24) is 4.90 Å². The van der Waals surface area contributed by atoms with E-state index in [1.807, 2.05) is 0 Å². The van der Waals surface area contributed by atoms with Crippen LogP contribution in [0, 0.1) is 10.1 Å². The summed E-state index contributed by atoms with van der Waals surface area (Å²) < 4.78 is 5.05. The molecule has 98 valence electrons. The van der Waals surface area contributed by atoms with Crippen molar-refractivity contribution >= 4 is 11.9 Å². The topological polar surface area (TPSA) is 96.8 Å². The number of carbonyl (C=O) groups is 1. The van der Waals surface area contributed by atoms with Crippen molar-refractivity contribution in [2.45, 2.75) is 31.8 Å². The van der Waals surface area contributed by atoms with Crippen LogP contribution in [-0.4, -0.2) is 33.0 Å². The molecule has 1 N–H and O–H groups in total. The van der Waals surface area contributed by atoms with E-state index in [-0.39, 0.29) is 12.4 Å². The van der Waals surface area contributed by atoms with E-state index in [0.717, 1.165) is 6.42 Å². The van der Waals surface area contributed by atoms with Crippen molar-refractivity contribution in [2.75, 3.05) is 6.54 Å². The van der Waals surface area contributed by atoms with Crippen LogP contribution in [0.5, 0.6) is 0 Å². The van der Waals surface area contributed by atoms with Crippen molar-refractivity contribution in [1.29, 1.82) is 0 Å². The third-order valence-corrected chi connectivity index (χ3v) is 3.42. The van der Waals surface area contributed by atoms with Gasteiger partial charge in [0.25, 0.3) is 0 Å². The minimum atomic E-state index is -0.915. The highest BCUT2D eigenvalue weighted by Crippen LogP contribution is 2.31. The van der Waals surface area contributed by atoms with Gasteiger partial charge in [-0.15, -0.1) is 0 Å². The highest BCUT2D eigenvalue weighted by atomic mass is 16.6. The smallest absolute Gasteiger partial charge is 0.433 e. The molecule has 1 saturated heterocycles. The van der Waals surface area contributed by atoms with Crippen LogP contribution in [0.15, 0.2) is 16.5 Å². The zero-order chi connectivity index (χ0) is 13.3. The van der Waals surface area contributed by atoms with Gasteiger partial charge in [-0.2, -0.15) is 0 Å². The average molecular weight is 254 g/mol. The number of rotatable bonds is 4. The summed E-state index contributed by atoms with van der Waals surface area (Å²) in [6.07, 6.45) is 1.37. The number of carboxylic acids is 1. The lowest BCUT2D eigenvalue weighted by atomic mass is 9.99. The lowest BCUT2D eigenvalue weighted by Gasteiger charge is -2.30. The van der Waals surface area contributed by atoms with Gasteiger partial charge in [-0.25, -0.2) is 0 Å². The molecule has 1 aliphatic heterocycles. The summed E-state index contributed by atoms with van der Waals surface area (Å²) in [5.74, 6) is -0.779. The Labute approximate surface area is 103 Å². The first-order chi connectivity index (χ1) is 8.43. The monoisotopic (exact) mass is 254 g/mol. The lowest BCUT2D eigenvalue weighted by Crippen LogP contribution is -2.47. The Kier molecular flexibility index (Phi) is 3.08. The first-order valence-corrected chi connectivity index (χ1v) is 5.65. The molecule has 1 aromatic heterocycles. The van der Waals surface area contributed by atoms with Gasteiger partial charge in [-0.1, -0.05) is 0 Å². The van der Waals surface area contributed by atoms with E-state index in [4.69, 9.17) is 4.42 Å². The molecule has 0 aromatic carbocycles. The summed E-state index contributed by atoms with van der Waals surface area (Å²) in [4.78, 5) is 22.9. The molecule has 7 nitrogen and oxygen atoms in total. The van der Waals surface area contributed by atoms with Crippen LogP contribution in [0.3, 0.4) is 0 Å². The molecule has 0 amide bonds. The fourth-order valence-electron chi connectivity index (χ4n) is 2.25. The molecule has 1 aliphatic rings. The van der Waals surface area contributed by atoms with E-state index in [1.54, 1.807) is 11.8 Å². The summed E-state index contributed by atoms with van der Waals surface area (Å²) in [5.41, 5.74) is -0.915. The van der Waals surface area contributed by atoms with E-state index < -0.39 is 16.4 Å². The lowest BCUT2D eigenvalue weighted by molar-refractivity contribution is -0.402. The Morgan fingerprint density at radius 1 is 1.67 bits per heavy atom. The van der Waals surface area contributed by atoms with Gasteiger partial charge in [-0.3, -0.25) is 19.8 Å². The molecule has 2 rings (SSSR count). The molecule has 0 radical (unpaired) electrons. The van der Waals surface area contributed by atoms with E-state index >= 15 is 0 Å². The predicted octanol–water partition coefficient (Wildman–Crippen LogP) is 1.63. The number of furan rings is 1. The van der Waals surface area contributed by atoms with Gasteiger partial charge < -0.3 is 9.52 Å². The standard InChI is InChI=1S/C11H14N2O5/c1-11(10(14)15)5-2-6-12(11)7-8-3-4-9(18-8)13(16)17/h3-4H,2,5-7H2,1H3,(H,14,15). The zero-order valence-corrected chi connectivity index (χ0v) is 9.96. The van der Waals surface area contributed by atoms with Gasteiger partial charge in [0.15, 0.2) is 0 Å². The second kappa shape index (κ2) is 4.41. The van der Waals surface area contributed by atoms with Crippen molar-refractivity contribution in [3.63, 3.8) is 0 Å². The number of nitrogens with zero attached hydrogens (tertiary/aromatic N) is 2. The summed E-state index contributed by atoms with van der Waals surface area (Å²) in [6, 6.07) is 2.79. The van der Waals surface area contributed by atoms with Crippen LogP contribution in [0.2, 0.25) is 0 Å². The minimum absolute atomic E-state index is 0.274. The summed E-state index contributed by atoms with van der Waals surface area (Å²) in [6.45, 7) is 2.59. The molecule has 0 bridgehead atoms. The summed E-state index contributed by atoms with van der Waals surface area (Å²) in [7, 11) is 0.